The summed E-state index contributed by atoms with van der Waals surface area (Å²) >= 11 is 0. The highest BCUT2D eigenvalue weighted by molar-refractivity contribution is 7.84. The van der Waals surface area contributed by atoms with Gasteiger partial charge in [-0.1, -0.05) is 38.1 Å². The normalized spacial score (nSPS) is 12.9. The van der Waals surface area contributed by atoms with E-state index in [1.165, 1.54) is 11.1 Å². The fourth-order valence-electron chi connectivity index (χ4n) is 1.64. The molecule has 3 heteroatoms. The highest BCUT2D eigenvalue weighted by atomic mass is 32.2. The minimum atomic E-state index is -0.736. The molecule has 0 fully saturated rings. The van der Waals surface area contributed by atoms with Crippen molar-refractivity contribution in [1.29, 1.82) is 0 Å². The molecular weight excluding hydrogens is 230 g/mol. The van der Waals surface area contributed by atoms with Gasteiger partial charge in [0.05, 0.1) is 0 Å². The molecule has 0 spiro atoms. The molecule has 1 aromatic rings. The van der Waals surface area contributed by atoms with Crippen LogP contribution in [0.2, 0.25) is 0 Å². The van der Waals surface area contributed by atoms with Crippen molar-refractivity contribution in [3.05, 3.63) is 35.4 Å². The molecule has 0 aliphatic carbocycles. The molecule has 0 bridgehead atoms. The van der Waals surface area contributed by atoms with Crippen LogP contribution in [0, 0.1) is 6.92 Å². The molecular formula is C14H23NOS. The second kappa shape index (κ2) is 7.62. The Kier molecular flexibility index (Phi) is 6.45. The Morgan fingerprint density at radius 2 is 2.00 bits per heavy atom. The number of hydrogen-bond donors (Lipinski definition) is 1. The Balaban J connectivity index is 2.28. The van der Waals surface area contributed by atoms with E-state index in [0.717, 1.165) is 18.7 Å². The number of rotatable bonds is 7. The standard InChI is InChI=1S/C14H23NOS/c1-12(2)15-9-6-10-17(16)11-14-8-5-4-7-13(14)3/h4-5,7-8,12,15H,6,9-11H2,1-3H3. The zero-order chi connectivity index (χ0) is 12.7. The zero-order valence-electron chi connectivity index (χ0n) is 11.0. The minimum Gasteiger partial charge on any atom is -0.315 e. The molecule has 1 unspecified atom stereocenters. The van der Waals surface area contributed by atoms with Crippen LogP contribution in [0.1, 0.15) is 31.4 Å². The van der Waals surface area contributed by atoms with Gasteiger partial charge in [0.2, 0.25) is 0 Å². The van der Waals surface area contributed by atoms with Crippen LogP contribution in [-0.4, -0.2) is 22.5 Å². The highest BCUT2D eigenvalue weighted by Crippen LogP contribution is 2.10. The number of aryl methyl sites for hydroxylation is 1. The molecule has 1 atom stereocenters. The van der Waals surface area contributed by atoms with Crippen molar-refractivity contribution in [2.75, 3.05) is 12.3 Å². The molecule has 1 aromatic carbocycles. The van der Waals surface area contributed by atoms with E-state index >= 15 is 0 Å². The molecule has 1 rings (SSSR count). The van der Waals surface area contributed by atoms with E-state index < -0.39 is 10.8 Å². The maximum absolute atomic E-state index is 11.9. The Bertz CT molecular complexity index is 363. The third kappa shape index (κ3) is 5.99. The van der Waals surface area contributed by atoms with Crippen molar-refractivity contribution < 1.29 is 4.21 Å². The Hall–Kier alpha value is -0.670. The monoisotopic (exact) mass is 253 g/mol. The first-order chi connectivity index (χ1) is 8.09. The molecule has 0 aromatic heterocycles. The van der Waals surface area contributed by atoms with Crippen molar-refractivity contribution in [2.24, 2.45) is 0 Å². The summed E-state index contributed by atoms with van der Waals surface area (Å²) in [6.07, 6.45) is 0.983. The van der Waals surface area contributed by atoms with Gasteiger partial charge >= 0.3 is 0 Å². The lowest BCUT2D eigenvalue weighted by Crippen LogP contribution is -2.24. The van der Waals surface area contributed by atoms with Crippen molar-refractivity contribution in [1.82, 2.24) is 5.32 Å². The van der Waals surface area contributed by atoms with Gasteiger partial charge < -0.3 is 5.32 Å². The fraction of sp³-hybridized carbons (Fsp3) is 0.571. The van der Waals surface area contributed by atoms with Gasteiger partial charge in [0, 0.05) is 28.3 Å². The fourth-order valence-corrected chi connectivity index (χ4v) is 2.92. The Morgan fingerprint density at radius 1 is 1.29 bits per heavy atom. The summed E-state index contributed by atoms with van der Waals surface area (Å²) < 4.78 is 11.9. The first-order valence-corrected chi connectivity index (χ1v) is 7.71. The molecule has 96 valence electrons. The van der Waals surface area contributed by atoms with Gasteiger partial charge in [-0.25, -0.2) is 0 Å². The average molecular weight is 253 g/mol. The van der Waals surface area contributed by atoms with E-state index in [2.05, 4.69) is 38.2 Å². The predicted octanol–water partition coefficient (Wildman–Crippen LogP) is 2.63. The van der Waals surface area contributed by atoms with Crippen LogP contribution in [0.4, 0.5) is 0 Å². The van der Waals surface area contributed by atoms with E-state index in [9.17, 15) is 4.21 Å². The molecule has 0 aliphatic rings. The number of hydrogen-bond acceptors (Lipinski definition) is 2. The van der Waals surface area contributed by atoms with Crippen LogP contribution in [-0.2, 0) is 16.6 Å². The third-order valence-corrected chi connectivity index (χ3v) is 4.06. The Labute approximate surface area is 107 Å². The van der Waals surface area contributed by atoms with Crippen LogP contribution in [0.25, 0.3) is 0 Å². The van der Waals surface area contributed by atoms with E-state index in [0.29, 0.717) is 11.8 Å². The average Bonchev–Trinajstić information content (AvgIpc) is 2.27. The first-order valence-electron chi connectivity index (χ1n) is 6.22. The maximum atomic E-state index is 11.9. The van der Waals surface area contributed by atoms with Crippen LogP contribution in [0.3, 0.4) is 0 Å². The quantitative estimate of drug-likeness (QED) is 0.757. The van der Waals surface area contributed by atoms with Crippen molar-refractivity contribution >= 4 is 10.8 Å². The van der Waals surface area contributed by atoms with Crippen LogP contribution in [0.15, 0.2) is 24.3 Å². The van der Waals surface area contributed by atoms with Crippen LogP contribution >= 0.6 is 0 Å². The lowest BCUT2D eigenvalue weighted by molar-refractivity contribution is 0.583. The lowest BCUT2D eigenvalue weighted by Gasteiger charge is -2.08. The third-order valence-electron chi connectivity index (χ3n) is 2.68. The van der Waals surface area contributed by atoms with Gasteiger partial charge in [-0.05, 0) is 31.0 Å². The van der Waals surface area contributed by atoms with Gasteiger partial charge in [-0.15, -0.1) is 0 Å². The second-order valence-corrected chi connectivity index (χ2v) is 6.25. The predicted molar refractivity (Wildman–Crippen MR) is 75.6 cm³/mol. The second-order valence-electron chi connectivity index (χ2n) is 4.68. The molecule has 0 heterocycles. The summed E-state index contributed by atoms with van der Waals surface area (Å²) in [5, 5.41) is 3.34. The van der Waals surface area contributed by atoms with Gasteiger partial charge in [0.25, 0.3) is 0 Å². The van der Waals surface area contributed by atoms with Crippen LogP contribution in [0.5, 0.6) is 0 Å². The van der Waals surface area contributed by atoms with Crippen molar-refractivity contribution in [2.45, 2.75) is 39.0 Å². The number of nitrogens with one attached hydrogen (secondary N) is 1. The molecule has 1 N–H and O–H groups in total. The van der Waals surface area contributed by atoms with Crippen LogP contribution < -0.4 is 5.32 Å². The topological polar surface area (TPSA) is 29.1 Å². The van der Waals surface area contributed by atoms with Gasteiger partial charge in [-0.3, -0.25) is 4.21 Å². The molecule has 0 amide bonds. The maximum Gasteiger partial charge on any atom is 0.0488 e. The number of benzene rings is 1. The smallest absolute Gasteiger partial charge is 0.0488 e. The van der Waals surface area contributed by atoms with Gasteiger partial charge in [-0.2, -0.15) is 0 Å². The first kappa shape index (κ1) is 14.4. The van der Waals surface area contributed by atoms with E-state index in [-0.39, 0.29) is 0 Å². The van der Waals surface area contributed by atoms with Gasteiger partial charge in [0.15, 0.2) is 0 Å². The van der Waals surface area contributed by atoms with Crippen molar-refractivity contribution in [3.63, 3.8) is 0 Å². The SMILES string of the molecule is Cc1ccccc1CS(=O)CCCNC(C)C. The minimum absolute atomic E-state index is 0.514. The highest BCUT2D eigenvalue weighted by Gasteiger charge is 2.04. The summed E-state index contributed by atoms with van der Waals surface area (Å²) in [5.74, 6) is 1.47. The molecule has 0 aliphatic heterocycles. The molecule has 0 radical (unpaired) electrons. The summed E-state index contributed by atoms with van der Waals surface area (Å²) in [6.45, 7) is 7.29. The summed E-state index contributed by atoms with van der Waals surface area (Å²) in [7, 11) is -0.736. The molecule has 0 saturated carbocycles. The Morgan fingerprint density at radius 3 is 2.65 bits per heavy atom. The lowest BCUT2D eigenvalue weighted by atomic mass is 10.1. The molecule has 2 nitrogen and oxygen atoms in total. The van der Waals surface area contributed by atoms with Crippen molar-refractivity contribution in [3.8, 4) is 0 Å². The van der Waals surface area contributed by atoms with E-state index in [1.807, 2.05) is 12.1 Å². The zero-order valence-corrected chi connectivity index (χ0v) is 11.8. The largest absolute Gasteiger partial charge is 0.315 e. The molecule has 17 heavy (non-hydrogen) atoms. The summed E-state index contributed by atoms with van der Waals surface area (Å²) in [5.41, 5.74) is 2.45. The molecule has 0 saturated heterocycles. The van der Waals surface area contributed by atoms with Gasteiger partial charge in [0.1, 0.15) is 0 Å². The van der Waals surface area contributed by atoms with E-state index in [4.69, 9.17) is 0 Å². The summed E-state index contributed by atoms with van der Waals surface area (Å²) in [4.78, 5) is 0. The summed E-state index contributed by atoms with van der Waals surface area (Å²) in [6, 6.07) is 8.69. The van der Waals surface area contributed by atoms with E-state index in [1.54, 1.807) is 0 Å².